The Morgan fingerprint density at radius 3 is 2.67 bits per heavy atom. The maximum atomic E-state index is 12.3. The second-order valence-electron chi connectivity index (χ2n) is 4.94. The van der Waals surface area contributed by atoms with Gasteiger partial charge in [0.2, 0.25) is 0 Å². The zero-order valence-corrected chi connectivity index (χ0v) is 12.9. The minimum Gasteiger partial charge on any atom is -0.465 e. The Hall–Kier alpha value is -3.23. The highest BCUT2D eigenvalue weighted by molar-refractivity contribution is 6.12. The minimum atomic E-state index is -0.718. The molecule has 0 N–H and O–H groups in total. The molecule has 0 saturated carbocycles. The van der Waals surface area contributed by atoms with Gasteiger partial charge < -0.3 is 4.74 Å². The third-order valence-corrected chi connectivity index (χ3v) is 3.33. The second kappa shape index (κ2) is 6.90. The highest BCUT2D eigenvalue weighted by Crippen LogP contribution is 2.23. The van der Waals surface area contributed by atoms with E-state index in [-0.39, 0.29) is 24.5 Å². The summed E-state index contributed by atoms with van der Waals surface area (Å²) in [5.74, 6) is -1.31. The molecule has 0 aromatic heterocycles. The lowest BCUT2D eigenvalue weighted by atomic mass is 10.2. The average Bonchev–Trinajstić information content (AvgIpc) is 2.73. The van der Waals surface area contributed by atoms with Gasteiger partial charge >= 0.3 is 12.0 Å². The predicted octanol–water partition coefficient (Wildman–Crippen LogP) is 1.44. The van der Waals surface area contributed by atoms with Crippen molar-refractivity contribution in [2.24, 2.45) is 0 Å². The number of imide groups is 1. The predicted molar refractivity (Wildman–Crippen MR) is 81.5 cm³/mol. The number of urea groups is 1. The molecule has 9 heteroatoms. The number of benzene rings is 1. The third-order valence-electron chi connectivity index (χ3n) is 3.33. The van der Waals surface area contributed by atoms with Crippen molar-refractivity contribution in [3.63, 3.8) is 0 Å². The zero-order chi connectivity index (χ0) is 17.9. The molecular formula is C15H15N3O6. The topological polar surface area (TPSA) is 110 Å². The molecule has 1 aromatic rings. The third kappa shape index (κ3) is 3.40. The van der Waals surface area contributed by atoms with Crippen LogP contribution in [0.4, 0.5) is 10.5 Å². The fraction of sp³-hybridized carbons (Fsp3) is 0.267. The van der Waals surface area contributed by atoms with E-state index in [1.807, 2.05) is 0 Å². The molecule has 1 fully saturated rings. The van der Waals surface area contributed by atoms with E-state index in [4.69, 9.17) is 4.74 Å². The van der Waals surface area contributed by atoms with Crippen LogP contribution in [0.15, 0.2) is 36.5 Å². The van der Waals surface area contributed by atoms with Crippen molar-refractivity contribution in [2.75, 3.05) is 13.2 Å². The lowest BCUT2D eigenvalue weighted by molar-refractivity contribution is -0.384. The first-order valence-electron chi connectivity index (χ1n) is 7.06. The Morgan fingerprint density at radius 1 is 1.33 bits per heavy atom. The molecule has 0 unspecified atom stereocenters. The van der Waals surface area contributed by atoms with Crippen LogP contribution in [0.5, 0.6) is 0 Å². The van der Waals surface area contributed by atoms with Gasteiger partial charge in [-0.15, -0.1) is 0 Å². The van der Waals surface area contributed by atoms with Crippen LogP contribution in [0.2, 0.25) is 0 Å². The smallest absolute Gasteiger partial charge is 0.332 e. The summed E-state index contributed by atoms with van der Waals surface area (Å²) in [7, 11) is 0. The zero-order valence-electron chi connectivity index (χ0n) is 12.9. The van der Waals surface area contributed by atoms with Gasteiger partial charge in [0.15, 0.2) is 0 Å². The summed E-state index contributed by atoms with van der Waals surface area (Å²) in [5, 5.41) is 10.8. The Morgan fingerprint density at radius 2 is 2.04 bits per heavy atom. The van der Waals surface area contributed by atoms with E-state index in [9.17, 15) is 24.5 Å². The normalized spacial score (nSPS) is 14.3. The van der Waals surface area contributed by atoms with Gasteiger partial charge in [-0.25, -0.2) is 4.79 Å². The maximum absolute atomic E-state index is 12.3. The van der Waals surface area contributed by atoms with Gasteiger partial charge in [0.05, 0.1) is 18.1 Å². The molecule has 1 saturated heterocycles. The molecule has 24 heavy (non-hydrogen) atoms. The monoisotopic (exact) mass is 333 g/mol. The number of nitro groups is 1. The summed E-state index contributed by atoms with van der Waals surface area (Å²) >= 11 is 0. The summed E-state index contributed by atoms with van der Waals surface area (Å²) in [4.78, 5) is 48.0. The van der Waals surface area contributed by atoms with E-state index in [1.54, 1.807) is 13.0 Å². The van der Waals surface area contributed by atoms with Gasteiger partial charge in [-0.05, 0) is 12.5 Å². The first-order valence-corrected chi connectivity index (χ1v) is 7.06. The molecule has 3 amide bonds. The largest absolute Gasteiger partial charge is 0.465 e. The van der Waals surface area contributed by atoms with Crippen LogP contribution < -0.4 is 0 Å². The molecule has 0 bridgehead atoms. The molecule has 0 radical (unpaired) electrons. The number of amides is 3. The molecular weight excluding hydrogens is 318 g/mol. The van der Waals surface area contributed by atoms with E-state index >= 15 is 0 Å². The van der Waals surface area contributed by atoms with Crippen LogP contribution in [0.1, 0.15) is 12.5 Å². The van der Waals surface area contributed by atoms with Crippen molar-refractivity contribution in [3.8, 4) is 0 Å². The van der Waals surface area contributed by atoms with Crippen molar-refractivity contribution in [1.29, 1.82) is 0 Å². The van der Waals surface area contributed by atoms with Crippen molar-refractivity contribution >= 4 is 23.6 Å². The van der Waals surface area contributed by atoms with Crippen LogP contribution >= 0.6 is 0 Å². The Kier molecular flexibility index (Phi) is 4.93. The first-order chi connectivity index (χ1) is 11.3. The van der Waals surface area contributed by atoms with Gasteiger partial charge in [-0.1, -0.05) is 18.7 Å². The van der Waals surface area contributed by atoms with E-state index in [0.717, 1.165) is 9.80 Å². The summed E-state index contributed by atoms with van der Waals surface area (Å²) in [6.07, 6.45) is 0. The Labute approximate surface area is 137 Å². The van der Waals surface area contributed by atoms with Gasteiger partial charge in [0, 0.05) is 12.1 Å². The Balaban J connectivity index is 2.16. The molecule has 0 spiro atoms. The Bertz CT molecular complexity index is 730. The van der Waals surface area contributed by atoms with Gasteiger partial charge in [0.25, 0.3) is 11.6 Å². The number of nitrogens with zero attached hydrogens (tertiary/aromatic N) is 3. The molecule has 9 nitrogen and oxygen atoms in total. The van der Waals surface area contributed by atoms with Gasteiger partial charge in [0.1, 0.15) is 12.2 Å². The molecule has 0 aliphatic carbocycles. The SMILES string of the molecule is C=C1C(=O)N(Cc2cccc([N+](=O)[O-])c2)C(=O)N1CC(=O)OCC. The van der Waals surface area contributed by atoms with E-state index in [0.29, 0.717) is 5.56 Å². The quantitative estimate of drug-likeness (QED) is 0.256. The average molecular weight is 333 g/mol. The van der Waals surface area contributed by atoms with Gasteiger partial charge in [-0.2, -0.15) is 0 Å². The molecule has 126 valence electrons. The summed E-state index contributed by atoms with van der Waals surface area (Å²) in [6, 6.07) is 4.89. The lowest BCUT2D eigenvalue weighted by Crippen LogP contribution is -2.35. The van der Waals surface area contributed by atoms with E-state index in [2.05, 4.69) is 6.58 Å². The number of rotatable bonds is 6. The molecule has 1 aromatic carbocycles. The second-order valence-corrected chi connectivity index (χ2v) is 4.94. The van der Waals surface area contributed by atoms with Gasteiger partial charge in [-0.3, -0.25) is 29.5 Å². The first kappa shape index (κ1) is 17.1. The molecule has 2 rings (SSSR count). The number of carbonyl (C=O) groups excluding carboxylic acids is 3. The lowest BCUT2D eigenvalue weighted by Gasteiger charge is -2.16. The number of ether oxygens (including phenoxy) is 1. The van der Waals surface area contributed by atoms with Crippen molar-refractivity contribution in [1.82, 2.24) is 9.80 Å². The number of hydrogen-bond donors (Lipinski definition) is 0. The van der Waals surface area contributed by atoms with E-state index in [1.165, 1.54) is 18.2 Å². The number of hydrogen-bond acceptors (Lipinski definition) is 6. The molecule has 1 heterocycles. The fourth-order valence-electron chi connectivity index (χ4n) is 2.21. The highest BCUT2D eigenvalue weighted by Gasteiger charge is 2.40. The van der Waals surface area contributed by atoms with Crippen molar-refractivity contribution < 1.29 is 24.0 Å². The van der Waals surface area contributed by atoms with Crippen LogP contribution in [-0.2, 0) is 20.9 Å². The number of esters is 1. The van der Waals surface area contributed by atoms with Crippen LogP contribution in [0.3, 0.4) is 0 Å². The molecule has 1 aliphatic rings. The van der Waals surface area contributed by atoms with Crippen molar-refractivity contribution in [2.45, 2.75) is 13.5 Å². The van der Waals surface area contributed by atoms with Crippen LogP contribution in [0.25, 0.3) is 0 Å². The summed E-state index contributed by atoms with van der Waals surface area (Å²) < 4.78 is 4.75. The number of non-ortho nitro benzene ring substituents is 1. The maximum Gasteiger partial charge on any atom is 0.332 e. The highest BCUT2D eigenvalue weighted by atomic mass is 16.6. The van der Waals surface area contributed by atoms with E-state index < -0.39 is 29.4 Å². The molecule has 1 aliphatic heterocycles. The molecule has 0 atom stereocenters. The number of nitro benzene ring substituents is 1. The van der Waals surface area contributed by atoms with Crippen LogP contribution in [0, 0.1) is 10.1 Å². The number of carbonyl (C=O) groups is 3. The fourth-order valence-corrected chi connectivity index (χ4v) is 2.21. The standard InChI is InChI=1S/C15H15N3O6/c1-3-24-13(19)9-16-10(2)14(20)17(15(16)21)8-11-5-4-6-12(7-11)18(22)23/h4-7H,2-3,8-9H2,1H3. The summed E-state index contributed by atoms with van der Waals surface area (Å²) in [5.41, 5.74) is 0.129. The minimum absolute atomic E-state index is 0.140. The van der Waals surface area contributed by atoms with Crippen molar-refractivity contribution in [3.05, 3.63) is 52.2 Å². The summed E-state index contributed by atoms with van der Waals surface area (Å²) in [6.45, 7) is 4.72. The van der Waals surface area contributed by atoms with Crippen LogP contribution in [-0.4, -0.2) is 45.8 Å².